The highest BCUT2D eigenvalue weighted by atomic mass is 35.5. The van der Waals surface area contributed by atoms with Gasteiger partial charge in [-0.15, -0.1) is 11.6 Å². The highest BCUT2D eigenvalue weighted by Gasteiger charge is 2.14. The van der Waals surface area contributed by atoms with Crippen molar-refractivity contribution in [2.45, 2.75) is 32.2 Å². The maximum Gasteiger partial charge on any atom is 0.127 e. The topological polar surface area (TPSA) is 17.8 Å². The molecule has 2 nitrogen and oxygen atoms in total. The number of imidazole rings is 1. The SMILES string of the molecule is Cc1ccc2c(c1)nc(C(C)Cl)n2CCc1ccsc1. The molecule has 2 heterocycles. The smallest absolute Gasteiger partial charge is 0.127 e. The summed E-state index contributed by atoms with van der Waals surface area (Å²) >= 11 is 8.04. The minimum absolute atomic E-state index is 0.0785. The van der Waals surface area contributed by atoms with Gasteiger partial charge in [-0.2, -0.15) is 11.3 Å². The first-order chi connectivity index (χ1) is 9.65. The zero-order chi connectivity index (χ0) is 14.1. The first-order valence-electron chi connectivity index (χ1n) is 6.77. The molecular formula is C16H17ClN2S. The lowest BCUT2D eigenvalue weighted by Gasteiger charge is -2.10. The van der Waals surface area contributed by atoms with E-state index in [2.05, 4.69) is 46.5 Å². The Labute approximate surface area is 128 Å². The molecule has 0 aliphatic rings. The first kappa shape index (κ1) is 13.7. The normalized spacial score (nSPS) is 12.9. The van der Waals surface area contributed by atoms with Gasteiger partial charge in [0.05, 0.1) is 16.4 Å². The highest BCUT2D eigenvalue weighted by Crippen LogP contribution is 2.25. The van der Waals surface area contributed by atoms with Crippen LogP contribution in [-0.2, 0) is 13.0 Å². The van der Waals surface area contributed by atoms with E-state index < -0.39 is 0 Å². The Balaban J connectivity index is 2.00. The number of alkyl halides is 1. The number of benzene rings is 1. The number of fused-ring (bicyclic) bond motifs is 1. The molecule has 0 fully saturated rings. The molecule has 2 aromatic heterocycles. The van der Waals surface area contributed by atoms with E-state index in [0.717, 1.165) is 24.3 Å². The quantitative estimate of drug-likeness (QED) is 0.624. The van der Waals surface area contributed by atoms with Gasteiger partial charge >= 0.3 is 0 Å². The summed E-state index contributed by atoms with van der Waals surface area (Å²) in [6.45, 7) is 4.99. The molecule has 0 amide bonds. The molecule has 4 heteroatoms. The third-order valence-corrected chi connectivity index (χ3v) is 4.42. The van der Waals surface area contributed by atoms with E-state index in [1.54, 1.807) is 11.3 Å². The van der Waals surface area contributed by atoms with E-state index in [9.17, 15) is 0 Å². The molecule has 0 spiro atoms. The van der Waals surface area contributed by atoms with Gasteiger partial charge in [-0.05, 0) is 60.4 Å². The van der Waals surface area contributed by atoms with Crippen LogP contribution in [0.25, 0.3) is 11.0 Å². The molecular weight excluding hydrogens is 288 g/mol. The minimum Gasteiger partial charge on any atom is -0.326 e. The van der Waals surface area contributed by atoms with Gasteiger partial charge in [0, 0.05) is 6.54 Å². The van der Waals surface area contributed by atoms with Crippen molar-refractivity contribution in [3.05, 3.63) is 52.0 Å². The molecule has 0 bridgehead atoms. The lowest BCUT2D eigenvalue weighted by Crippen LogP contribution is -2.06. The fraction of sp³-hybridized carbons (Fsp3) is 0.312. The molecule has 0 saturated carbocycles. The summed E-state index contributed by atoms with van der Waals surface area (Å²) < 4.78 is 2.25. The molecule has 104 valence electrons. The molecule has 0 aliphatic carbocycles. The number of rotatable bonds is 4. The Bertz CT molecular complexity index is 713. The molecule has 1 aromatic carbocycles. The van der Waals surface area contributed by atoms with Crippen LogP contribution < -0.4 is 0 Å². The van der Waals surface area contributed by atoms with Crippen molar-refractivity contribution in [2.24, 2.45) is 0 Å². The van der Waals surface area contributed by atoms with E-state index in [1.807, 2.05) is 6.92 Å². The Morgan fingerprint density at radius 3 is 2.90 bits per heavy atom. The number of aromatic nitrogens is 2. The largest absolute Gasteiger partial charge is 0.326 e. The van der Waals surface area contributed by atoms with Gasteiger partial charge in [0.2, 0.25) is 0 Å². The molecule has 20 heavy (non-hydrogen) atoms. The average Bonchev–Trinajstić information content (AvgIpc) is 3.02. The maximum absolute atomic E-state index is 6.30. The van der Waals surface area contributed by atoms with Gasteiger partial charge in [0.25, 0.3) is 0 Å². The molecule has 0 saturated heterocycles. The molecule has 1 unspecified atom stereocenters. The number of hydrogen-bond donors (Lipinski definition) is 0. The van der Waals surface area contributed by atoms with E-state index in [1.165, 1.54) is 16.6 Å². The molecule has 0 aliphatic heterocycles. The van der Waals surface area contributed by atoms with Crippen LogP contribution in [0, 0.1) is 6.92 Å². The summed E-state index contributed by atoms with van der Waals surface area (Å²) in [6.07, 6.45) is 1.01. The van der Waals surface area contributed by atoms with E-state index in [4.69, 9.17) is 16.6 Å². The van der Waals surface area contributed by atoms with Gasteiger partial charge in [0.1, 0.15) is 5.82 Å². The van der Waals surface area contributed by atoms with Crippen LogP contribution in [0.3, 0.4) is 0 Å². The number of halogens is 1. The van der Waals surface area contributed by atoms with Crippen LogP contribution in [0.2, 0.25) is 0 Å². The molecule has 3 rings (SSSR count). The van der Waals surface area contributed by atoms with E-state index in [0.29, 0.717) is 0 Å². The molecule has 3 aromatic rings. The second-order valence-corrected chi connectivity index (χ2v) is 6.55. The number of hydrogen-bond acceptors (Lipinski definition) is 2. The third kappa shape index (κ3) is 2.60. The van der Waals surface area contributed by atoms with Crippen LogP contribution in [-0.4, -0.2) is 9.55 Å². The van der Waals surface area contributed by atoms with Crippen LogP contribution in [0.4, 0.5) is 0 Å². The zero-order valence-electron chi connectivity index (χ0n) is 11.6. The Morgan fingerprint density at radius 2 is 2.20 bits per heavy atom. The fourth-order valence-corrected chi connectivity index (χ4v) is 3.34. The second-order valence-electron chi connectivity index (χ2n) is 5.11. The van der Waals surface area contributed by atoms with Crippen LogP contribution in [0.1, 0.15) is 29.3 Å². The zero-order valence-corrected chi connectivity index (χ0v) is 13.2. The summed E-state index contributed by atoms with van der Waals surface area (Å²) in [5, 5.41) is 4.24. The average molecular weight is 305 g/mol. The van der Waals surface area contributed by atoms with Gasteiger partial charge in [-0.3, -0.25) is 0 Å². The van der Waals surface area contributed by atoms with Crippen molar-refractivity contribution in [3.63, 3.8) is 0 Å². The van der Waals surface area contributed by atoms with Crippen molar-refractivity contribution < 1.29 is 0 Å². The van der Waals surface area contributed by atoms with Crippen LogP contribution in [0.5, 0.6) is 0 Å². The van der Waals surface area contributed by atoms with Crippen LogP contribution in [0.15, 0.2) is 35.0 Å². The van der Waals surface area contributed by atoms with E-state index in [-0.39, 0.29) is 5.38 Å². The van der Waals surface area contributed by atoms with Gasteiger partial charge < -0.3 is 4.57 Å². The summed E-state index contributed by atoms with van der Waals surface area (Å²) in [5.41, 5.74) is 4.82. The summed E-state index contributed by atoms with van der Waals surface area (Å²) in [6, 6.07) is 8.58. The second kappa shape index (κ2) is 5.58. The predicted molar refractivity (Wildman–Crippen MR) is 86.8 cm³/mol. The van der Waals surface area contributed by atoms with Gasteiger partial charge in [-0.1, -0.05) is 6.07 Å². The lowest BCUT2D eigenvalue weighted by atomic mass is 10.2. The Kier molecular flexibility index (Phi) is 3.81. The van der Waals surface area contributed by atoms with E-state index >= 15 is 0 Å². The minimum atomic E-state index is -0.0785. The van der Waals surface area contributed by atoms with Crippen molar-refractivity contribution in [1.82, 2.24) is 9.55 Å². The number of nitrogens with zero attached hydrogens (tertiary/aromatic N) is 2. The van der Waals surface area contributed by atoms with Crippen molar-refractivity contribution >= 4 is 34.0 Å². The molecule has 0 radical (unpaired) electrons. The maximum atomic E-state index is 6.30. The third-order valence-electron chi connectivity index (χ3n) is 3.49. The van der Waals surface area contributed by atoms with Gasteiger partial charge in [-0.25, -0.2) is 4.98 Å². The molecule has 1 atom stereocenters. The van der Waals surface area contributed by atoms with Crippen molar-refractivity contribution in [2.75, 3.05) is 0 Å². The predicted octanol–water partition coefficient (Wildman–Crippen LogP) is 4.95. The Morgan fingerprint density at radius 1 is 1.35 bits per heavy atom. The fourth-order valence-electron chi connectivity index (χ4n) is 2.47. The summed E-state index contributed by atoms with van der Waals surface area (Å²) in [7, 11) is 0. The van der Waals surface area contributed by atoms with Crippen LogP contribution >= 0.6 is 22.9 Å². The number of aryl methyl sites for hydroxylation is 3. The standard InChI is InChI=1S/C16H17ClN2S/c1-11-3-4-15-14(9-11)18-16(12(2)17)19(15)7-5-13-6-8-20-10-13/h3-4,6,8-10,12H,5,7H2,1-2H3. The van der Waals surface area contributed by atoms with Gasteiger partial charge in [0.15, 0.2) is 0 Å². The summed E-state index contributed by atoms with van der Waals surface area (Å²) in [4.78, 5) is 4.71. The first-order valence-corrected chi connectivity index (χ1v) is 8.15. The highest BCUT2D eigenvalue weighted by molar-refractivity contribution is 7.07. The van der Waals surface area contributed by atoms with Crippen molar-refractivity contribution in [3.8, 4) is 0 Å². The summed E-state index contributed by atoms with van der Waals surface area (Å²) in [5.74, 6) is 0.961. The Hall–Kier alpha value is -1.32. The van der Waals surface area contributed by atoms with Crippen molar-refractivity contribution in [1.29, 1.82) is 0 Å². The molecule has 0 N–H and O–H groups in total. The lowest BCUT2D eigenvalue weighted by molar-refractivity contribution is 0.669. The monoisotopic (exact) mass is 304 g/mol. The number of thiophene rings is 1.